The molecule has 0 aromatic carbocycles. The Hall–Kier alpha value is -1.58. The lowest BCUT2D eigenvalue weighted by atomic mass is 10.2. The van der Waals surface area contributed by atoms with Gasteiger partial charge in [0.25, 0.3) is 0 Å². The van der Waals surface area contributed by atoms with E-state index in [0.717, 1.165) is 30.3 Å². The molecule has 0 fully saturated rings. The quantitative estimate of drug-likeness (QED) is 0.717. The van der Waals surface area contributed by atoms with Gasteiger partial charge in [-0.05, 0) is 26.3 Å². The molecule has 4 nitrogen and oxygen atoms in total. The summed E-state index contributed by atoms with van der Waals surface area (Å²) in [5, 5.41) is 2.35. The molecule has 0 bridgehead atoms. The minimum absolute atomic E-state index is 0.843. The van der Waals surface area contributed by atoms with Crippen LogP contribution in [-0.2, 0) is 0 Å². The van der Waals surface area contributed by atoms with Gasteiger partial charge in [-0.25, -0.2) is 9.97 Å². The first-order chi connectivity index (χ1) is 9.26. The Kier molecular flexibility index (Phi) is 4.77. The van der Waals surface area contributed by atoms with E-state index in [0.29, 0.717) is 0 Å². The van der Waals surface area contributed by atoms with Gasteiger partial charge in [-0.3, -0.25) is 4.68 Å². The van der Waals surface area contributed by atoms with Gasteiger partial charge in [0.1, 0.15) is 5.82 Å². The van der Waals surface area contributed by atoms with Crippen LogP contribution in [-0.4, -0.2) is 27.7 Å². The van der Waals surface area contributed by atoms with Crippen LogP contribution in [0.15, 0.2) is 18.5 Å². The summed E-state index contributed by atoms with van der Waals surface area (Å²) in [6, 6.07) is 2.02. The zero-order chi connectivity index (χ0) is 13.7. The minimum Gasteiger partial charge on any atom is -0.312 e. The Bertz CT molecular complexity index is 477. The van der Waals surface area contributed by atoms with Gasteiger partial charge in [0.15, 0.2) is 5.82 Å². The second-order valence-electron chi connectivity index (χ2n) is 4.96. The second kappa shape index (κ2) is 6.55. The first-order valence-electron chi connectivity index (χ1n) is 7.32. The van der Waals surface area contributed by atoms with E-state index in [1.165, 1.54) is 25.7 Å². The Labute approximate surface area is 115 Å². The lowest BCUT2D eigenvalue weighted by Crippen LogP contribution is -2.37. The summed E-state index contributed by atoms with van der Waals surface area (Å²) in [7, 11) is 0. The van der Waals surface area contributed by atoms with Crippen LogP contribution >= 0.6 is 0 Å². The highest BCUT2D eigenvalue weighted by Crippen LogP contribution is 2.17. The minimum atomic E-state index is 0.843. The third-order valence-electron chi connectivity index (χ3n) is 3.51. The van der Waals surface area contributed by atoms with Crippen molar-refractivity contribution < 1.29 is 0 Å². The van der Waals surface area contributed by atoms with Crippen molar-refractivity contribution in [1.29, 1.82) is 0 Å². The Morgan fingerprint density at radius 1 is 1.21 bits per heavy atom. The fraction of sp³-hybridized carbons (Fsp3) is 0.600. The summed E-state index contributed by atoms with van der Waals surface area (Å²) in [6.07, 6.45) is 9.12. The first kappa shape index (κ1) is 13.8. The molecular formula is C15H24N4. The molecule has 0 atom stereocenters. The molecule has 0 radical (unpaired) electrons. The number of fused-ring (bicyclic) bond motifs is 1. The van der Waals surface area contributed by atoms with E-state index in [4.69, 9.17) is 0 Å². The molecule has 2 aliphatic heterocycles. The zero-order valence-corrected chi connectivity index (χ0v) is 12.3. The Morgan fingerprint density at radius 3 is 2.79 bits per heavy atom. The molecule has 2 rings (SSSR count). The average molecular weight is 260 g/mol. The molecule has 0 unspecified atom stereocenters. The van der Waals surface area contributed by atoms with E-state index in [2.05, 4.69) is 39.7 Å². The van der Waals surface area contributed by atoms with Crippen molar-refractivity contribution in [2.45, 2.75) is 46.5 Å². The highest BCUT2D eigenvalue weighted by Gasteiger charge is 2.11. The van der Waals surface area contributed by atoms with E-state index in [1.807, 2.05) is 19.2 Å². The standard InChI is InChI=1S/C15H24N4/c1-4-6-7-8-11-18(5-2)19-12-14-9-10-16-15(14)17-13(19)3/h9-10,12H,4-8,11H2,1-3H3. The van der Waals surface area contributed by atoms with E-state index >= 15 is 0 Å². The van der Waals surface area contributed by atoms with Crippen molar-refractivity contribution in [2.75, 3.05) is 18.1 Å². The van der Waals surface area contributed by atoms with Crippen molar-refractivity contribution in [3.05, 3.63) is 24.3 Å². The zero-order valence-electron chi connectivity index (χ0n) is 12.3. The number of hydrogen-bond donors (Lipinski definition) is 0. The molecule has 0 N–H and O–H groups in total. The number of aryl methyl sites for hydroxylation is 1. The molecule has 2 heterocycles. The lowest BCUT2D eigenvalue weighted by molar-refractivity contribution is 0.537. The van der Waals surface area contributed by atoms with Crippen LogP contribution in [0.3, 0.4) is 0 Å². The number of aromatic nitrogens is 3. The van der Waals surface area contributed by atoms with Gasteiger partial charge < -0.3 is 5.01 Å². The van der Waals surface area contributed by atoms with Crippen molar-refractivity contribution in [3.63, 3.8) is 0 Å². The molecule has 2 aliphatic rings. The van der Waals surface area contributed by atoms with E-state index < -0.39 is 0 Å². The predicted octanol–water partition coefficient (Wildman–Crippen LogP) is 3.23. The maximum absolute atomic E-state index is 4.56. The van der Waals surface area contributed by atoms with Gasteiger partial charge >= 0.3 is 0 Å². The molecule has 0 saturated heterocycles. The van der Waals surface area contributed by atoms with E-state index in [1.54, 1.807) is 0 Å². The normalized spacial score (nSPS) is 11.1. The summed E-state index contributed by atoms with van der Waals surface area (Å²) < 4.78 is 2.18. The van der Waals surface area contributed by atoms with Gasteiger partial charge in [0, 0.05) is 31.0 Å². The van der Waals surface area contributed by atoms with Crippen molar-refractivity contribution >= 4 is 0 Å². The molecule has 0 saturated carbocycles. The average Bonchev–Trinajstić information content (AvgIpc) is 2.85. The van der Waals surface area contributed by atoms with Crippen LogP contribution in [0, 0.1) is 6.92 Å². The van der Waals surface area contributed by atoms with E-state index in [-0.39, 0.29) is 0 Å². The molecule has 0 amide bonds. The van der Waals surface area contributed by atoms with Crippen LogP contribution < -0.4 is 5.01 Å². The van der Waals surface area contributed by atoms with Crippen LogP contribution in [0.2, 0.25) is 0 Å². The lowest BCUT2D eigenvalue weighted by Gasteiger charge is -2.28. The highest BCUT2D eigenvalue weighted by atomic mass is 15.5. The number of hydrogen-bond acceptors (Lipinski definition) is 3. The van der Waals surface area contributed by atoms with Gasteiger partial charge in [-0.15, -0.1) is 0 Å². The third-order valence-corrected chi connectivity index (χ3v) is 3.51. The number of rotatable bonds is 7. The van der Waals surface area contributed by atoms with Gasteiger partial charge in [0.2, 0.25) is 0 Å². The molecular weight excluding hydrogens is 236 g/mol. The molecule has 104 valence electrons. The molecule has 0 spiro atoms. The summed E-state index contributed by atoms with van der Waals surface area (Å²) in [6.45, 7) is 8.57. The summed E-state index contributed by atoms with van der Waals surface area (Å²) in [5.74, 6) is 1.85. The van der Waals surface area contributed by atoms with Crippen LogP contribution in [0.4, 0.5) is 0 Å². The van der Waals surface area contributed by atoms with Gasteiger partial charge in [-0.1, -0.05) is 26.2 Å². The van der Waals surface area contributed by atoms with Gasteiger partial charge in [0.05, 0.1) is 0 Å². The number of nitrogens with zero attached hydrogens (tertiary/aromatic N) is 4. The first-order valence-corrected chi connectivity index (χ1v) is 7.32. The maximum atomic E-state index is 4.56. The molecule has 19 heavy (non-hydrogen) atoms. The van der Waals surface area contributed by atoms with Crippen LogP contribution in [0.5, 0.6) is 0 Å². The van der Waals surface area contributed by atoms with Crippen molar-refractivity contribution in [1.82, 2.24) is 14.6 Å². The van der Waals surface area contributed by atoms with Crippen LogP contribution in [0.1, 0.15) is 45.4 Å². The topological polar surface area (TPSA) is 34.0 Å². The largest absolute Gasteiger partial charge is 0.312 e. The summed E-state index contributed by atoms with van der Waals surface area (Å²) in [5.41, 5.74) is 1.11. The van der Waals surface area contributed by atoms with Gasteiger partial charge in [-0.2, -0.15) is 0 Å². The van der Waals surface area contributed by atoms with Crippen molar-refractivity contribution in [2.24, 2.45) is 0 Å². The van der Waals surface area contributed by atoms with Crippen molar-refractivity contribution in [3.8, 4) is 11.4 Å². The summed E-state index contributed by atoms with van der Waals surface area (Å²) in [4.78, 5) is 8.81. The summed E-state index contributed by atoms with van der Waals surface area (Å²) >= 11 is 0. The second-order valence-corrected chi connectivity index (χ2v) is 4.96. The fourth-order valence-corrected chi connectivity index (χ4v) is 2.39. The monoisotopic (exact) mass is 260 g/mol. The highest BCUT2D eigenvalue weighted by molar-refractivity contribution is 5.55. The molecule has 0 aliphatic carbocycles. The van der Waals surface area contributed by atoms with Crippen LogP contribution in [0.25, 0.3) is 11.4 Å². The Morgan fingerprint density at radius 2 is 2.05 bits per heavy atom. The molecule has 4 heteroatoms. The predicted molar refractivity (Wildman–Crippen MR) is 79.1 cm³/mol. The number of unbranched alkanes of at least 4 members (excludes halogenated alkanes) is 3. The third kappa shape index (κ3) is 3.25. The fourth-order valence-electron chi connectivity index (χ4n) is 2.39. The SMILES string of the molecule is CCCCCCN(CC)n1cc2ccnc-2nc1C. The van der Waals surface area contributed by atoms with E-state index in [9.17, 15) is 0 Å². The smallest absolute Gasteiger partial charge is 0.162 e. The molecule has 0 aromatic rings. The maximum Gasteiger partial charge on any atom is 0.162 e. The molecule has 0 aromatic heterocycles. The Balaban J connectivity index is 2.11.